The molecule has 0 unspecified atom stereocenters. The van der Waals surface area contributed by atoms with Crippen LogP contribution in [0.25, 0.3) is 0 Å². The van der Waals surface area contributed by atoms with Crippen molar-refractivity contribution in [3.63, 3.8) is 0 Å². The quantitative estimate of drug-likeness (QED) is 0.698. The zero-order valence-corrected chi connectivity index (χ0v) is 11.0. The van der Waals surface area contributed by atoms with Gasteiger partial charge in [-0.2, -0.15) is 0 Å². The Kier molecular flexibility index (Phi) is 4.36. The summed E-state index contributed by atoms with van der Waals surface area (Å²) in [6.07, 6.45) is 4.06. The monoisotopic (exact) mass is 226 g/mol. The van der Waals surface area contributed by atoms with Crippen LogP contribution in [0.5, 0.6) is 0 Å². The molecule has 1 saturated carbocycles. The fraction of sp³-hybridized carbons (Fsp3) is 0.923. The van der Waals surface area contributed by atoms with Gasteiger partial charge in [0.2, 0.25) is 5.91 Å². The van der Waals surface area contributed by atoms with Gasteiger partial charge in [0.25, 0.3) is 0 Å². The molecular weight excluding hydrogens is 200 g/mol. The average molecular weight is 226 g/mol. The largest absolute Gasteiger partial charge is 0.368 e. The van der Waals surface area contributed by atoms with Crippen molar-refractivity contribution in [3.8, 4) is 0 Å². The molecule has 94 valence electrons. The number of primary amides is 1. The molecule has 3 N–H and O–H groups in total. The fourth-order valence-electron chi connectivity index (χ4n) is 2.49. The van der Waals surface area contributed by atoms with Gasteiger partial charge in [0.15, 0.2) is 0 Å². The smallest absolute Gasteiger partial charge is 0.237 e. The Labute approximate surface area is 99.2 Å². The van der Waals surface area contributed by atoms with Crippen molar-refractivity contribution in [1.29, 1.82) is 0 Å². The fourth-order valence-corrected chi connectivity index (χ4v) is 2.49. The number of amides is 1. The first-order valence-corrected chi connectivity index (χ1v) is 6.43. The SMILES string of the molecule is CC(C)CC(CC(C)C)(NC1CC1)C(N)=O. The molecule has 0 aromatic heterocycles. The van der Waals surface area contributed by atoms with E-state index in [0.717, 1.165) is 12.8 Å². The predicted molar refractivity (Wildman–Crippen MR) is 67.0 cm³/mol. The maximum Gasteiger partial charge on any atom is 0.237 e. The summed E-state index contributed by atoms with van der Waals surface area (Å²) in [6, 6.07) is 0.519. The van der Waals surface area contributed by atoms with Crippen LogP contribution in [0.3, 0.4) is 0 Å². The molecule has 0 aliphatic heterocycles. The lowest BCUT2D eigenvalue weighted by molar-refractivity contribution is -0.126. The number of nitrogens with two attached hydrogens (primary N) is 1. The lowest BCUT2D eigenvalue weighted by atomic mass is 9.81. The molecule has 0 saturated heterocycles. The molecule has 0 aromatic rings. The van der Waals surface area contributed by atoms with Crippen LogP contribution in [0.4, 0.5) is 0 Å². The molecule has 0 radical (unpaired) electrons. The van der Waals surface area contributed by atoms with Crippen molar-refractivity contribution < 1.29 is 4.79 Å². The summed E-state index contributed by atoms with van der Waals surface area (Å²) >= 11 is 0. The number of hydrogen-bond donors (Lipinski definition) is 2. The third kappa shape index (κ3) is 3.78. The zero-order valence-electron chi connectivity index (χ0n) is 11.0. The van der Waals surface area contributed by atoms with Gasteiger partial charge >= 0.3 is 0 Å². The number of carbonyl (C=O) groups is 1. The zero-order chi connectivity index (χ0) is 12.3. The highest BCUT2D eigenvalue weighted by molar-refractivity contribution is 5.84. The van der Waals surface area contributed by atoms with E-state index in [2.05, 4.69) is 33.0 Å². The van der Waals surface area contributed by atoms with Crippen molar-refractivity contribution in [2.75, 3.05) is 0 Å². The summed E-state index contributed by atoms with van der Waals surface area (Å²) in [5, 5.41) is 3.49. The number of nitrogens with one attached hydrogen (secondary N) is 1. The maximum atomic E-state index is 11.8. The van der Waals surface area contributed by atoms with Crippen molar-refractivity contribution >= 4 is 5.91 Å². The van der Waals surface area contributed by atoms with Crippen molar-refractivity contribution in [2.24, 2.45) is 17.6 Å². The van der Waals surface area contributed by atoms with Gasteiger partial charge in [-0.25, -0.2) is 0 Å². The molecule has 1 fully saturated rings. The average Bonchev–Trinajstić information content (AvgIpc) is 2.84. The molecule has 0 atom stereocenters. The molecule has 3 heteroatoms. The molecule has 1 aliphatic rings. The Hall–Kier alpha value is -0.570. The second-order valence-electron chi connectivity index (χ2n) is 6.06. The lowest BCUT2D eigenvalue weighted by Gasteiger charge is -2.35. The van der Waals surface area contributed by atoms with Crippen molar-refractivity contribution in [1.82, 2.24) is 5.32 Å². The van der Waals surface area contributed by atoms with Crippen molar-refractivity contribution in [3.05, 3.63) is 0 Å². The van der Waals surface area contributed by atoms with E-state index < -0.39 is 5.54 Å². The van der Waals surface area contributed by atoms with Crippen LogP contribution in [0, 0.1) is 11.8 Å². The summed E-state index contributed by atoms with van der Waals surface area (Å²) in [7, 11) is 0. The standard InChI is InChI=1S/C13H26N2O/c1-9(2)7-13(12(14)16,8-10(3)4)15-11-5-6-11/h9-11,15H,5-8H2,1-4H3,(H2,14,16). The highest BCUT2D eigenvalue weighted by Gasteiger charge is 2.41. The summed E-state index contributed by atoms with van der Waals surface area (Å²) < 4.78 is 0. The minimum absolute atomic E-state index is 0.179. The first-order chi connectivity index (χ1) is 7.35. The van der Waals surface area contributed by atoms with Crippen molar-refractivity contribution in [2.45, 2.75) is 65.0 Å². The minimum Gasteiger partial charge on any atom is -0.368 e. The molecule has 0 aromatic carbocycles. The topological polar surface area (TPSA) is 55.1 Å². The van der Waals surface area contributed by atoms with Gasteiger partial charge in [0, 0.05) is 6.04 Å². The third-order valence-corrected chi connectivity index (χ3v) is 3.04. The highest BCUT2D eigenvalue weighted by Crippen LogP contribution is 2.30. The Morgan fingerprint density at radius 1 is 1.25 bits per heavy atom. The van der Waals surface area contributed by atoms with Crippen LogP contribution < -0.4 is 11.1 Å². The van der Waals surface area contributed by atoms with Crippen LogP contribution in [0.1, 0.15) is 53.4 Å². The van der Waals surface area contributed by atoms with E-state index in [0.29, 0.717) is 17.9 Å². The number of carbonyl (C=O) groups excluding carboxylic acids is 1. The Morgan fingerprint density at radius 3 is 1.94 bits per heavy atom. The van der Waals surface area contributed by atoms with E-state index in [1.807, 2.05) is 0 Å². The second-order valence-corrected chi connectivity index (χ2v) is 6.06. The molecule has 1 aliphatic carbocycles. The van der Waals surface area contributed by atoms with Gasteiger partial charge in [-0.05, 0) is 37.5 Å². The summed E-state index contributed by atoms with van der Waals surface area (Å²) in [5.41, 5.74) is 5.16. The molecule has 0 spiro atoms. The molecule has 0 heterocycles. The molecule has 0 bridgehead atoms. The summed E-state index contributed by atoms with van der Waals surface area (Å²) in [4.78, 5) is 11.8. The van der Waals surface area contributed by atoms with E-state index in [9.17, 15) is 4.79 Å². The van der Waals surface area contributed by atoms with Crippen LogP contribution in [-0.2, 0) is 4.79 Å². The van der Waals surface area contributed by atoms with Gasteiger partial charge in [-0.3, -0.25) is 4.79 Å². The van der Waals surface area contributed by atoms with E-state index in [-0.39, 0.29) is 5.91 Å². The Balaban J connectivity index is 2.78. The highest BCUT2D eigenvalue weighted by atomic mass is 16.1. The van der Waals surface area contributed by atoms with Gasteiger partial charge in [-0.1, -0.05) is 27.7 Å². The van der Waals surface area contributed by atoms with Crippen LogP contribution in [0.15, 0.2) is 0 Å². The number of hydrogen-bond acceptors (Lipinski definition) is 2. The maximum absolute atomic E-state index is 11.8. The van der Waals surface area contributed by atoms with Gasteiger partial charge in [-0.15, -0.1) is 0 Å². The van der Waals surface area contributed by atoms with E-state index in [1.54, 1.807) is 0 Å². The summed E-state index contributed by atoms with van der Waals surface area (Å²) in [5.74, 6) is 0.789. The van der Waals surface area contributed by atoms with Gasteiger partial charge < -0.3 is 11.1 Å². The third-order valence-electron chi connectivity index (χ3n) is 3.04. The molecular formula is C13H26N2O. The molecule has 1 amide bonds. The Morgan fingerprint density at radius 2 is 1.69 bits per heavy atom. The minimum atomic E-state index is -0.483. The molecule has 3 nitrogen and oxygen atoms in total. The van der Waals surface area contributed by atoms with Gasteiger partial charge in [0.05, 0.1) is 5.54 Å². The molecule has 1 rings (SSSR count). The van der Waals surface area contributed by atoms with Gasteiger partial charge in [0.1, 0.15) is 0 Å². The number of rotatable bonds is 7. The lowest BCUT2D eigenvalue weighted by Crippen LogP contribution is -2.57. The normalized spacial score (nSPS) is 17.1. The first-order valence-electron chi connectivity index (χ1n) is 6.43. The second kappa shape index (κ2) is 5.17. The Bertz CT molecular complexity index is 226. The predicted octanol–water partition coefficient (Wildman–Crippen LogP) is 2.05. The molecule has 16 heavy (non-hydrogen) atoms. The first kappa shape index (κ1) is 13.5. The van der Waals surface area contributed by atoms with E-state index in [4.69, 9.17) is 5.73 Å². The summed E-state index contributed by atoms with van der Waals surface area (Å²) in [6.45, 7) is 8.58. The van der Waals surface area contributed by atoms with Crippen LogP contribution in [-0.4, -0.2) is 17.5 Å². The van der Waals surface area contributed by atoms with E-state index >= 15 is 0 Å². The van der Waals surface area contributed by atoms with E-state index in [1.165, 1.54) is 12.8 Å². The van der Waals surface area contributed by atoms with Crippen LogP contribution >= 0.6 is 0 Å². The van der Waals surface area contributed by atoms with Crippen LogP contribution in [0.2, 0.25) is 0 Å².